The fourth-order valence-electron chi connectivity index (χ4n) is 1.44. The number of benzene rings is 1. The summed E-state index contributed by atoms with van der Waals surface area (Å²) in [5, 5.41) is 0.714. The fraction of sp³-hybridized carbons (Fsp3) is 0.500. The van der Waals surface area contributed by atoms with Crippen molar-refractivity contribution in [2.45, 2.75) is 17.1 Å². The molecule has 102 valence electrons. The van der Waals surface area contributed by atoms with Crippen LogP contribution in [0.1, 0.15) is 12.5 Å². The minimum Gasteiger partial charge on any atom is -0.384 e. The molecule has 6 heteroatoms. The molecule has 1 aromatic rings. The predicted octanol–water partition coefficient (Wildman–Crippen LogP) is 2.14. The molecule has 0 aliphatic rings. The normalized spacial score (nSPS) is 13.5. The number of rotatable bonds is 7. The monoisotopic (exact) mass is 335 g/mol. The van der Waals surface area contributed by atoms with Crippen molar-refractivity contribution in [3.63, 3.8) is 0 Å². The van der Waals surface area contributed by atoms with Crippen LogP contribution in [0, 0.1) is 5.92 Å². The summed E-state index contributed by atoms with van der Waals surface area (Å²) in [4.78, 5) is 0.289. The molecule has 0 aliphatic heterocycles. The molecule has 1 N–H and O–H groups in total. The molecule has 0 spiro atoms. The Balaban J connectivity index is 2.67. The SMILES string of the molecule is COCC(C)CNS(=O)(=O)c1ccc(CBr)cc1. The van der Waals surface area contributed by atoms with Gasteiger partial charge in [0.1, 0.15) is 0 Å². The van der Waals surface area contributed by atoms with Gasteiger partial charge in [0.25, 0.3) is 0 Å². The molecule has 0 heterocycles. The van der Waals surface area contributed by atoms with Crippen LogP contribution in [0.5, 0.6) is 0 Å². The number of ether oxygens (including phenoxy) is 1. The third-order valence-electron chi connectivity index (χ3n) is 2.46. The first kappa shape index (κ1) is 15.6. The topological polar surface area (TPSA) is 55.4 Å². The average Bonchev–Trinajstić information content (AvgIpc) is 2.37. The highest BCUT2D eigenvalue weighted by atomic mass is 79.9. The number of nitrogens with one attached hydrogen (secondary N) is 1. The van der Waals surface area contributed by atoms with Gasteiger partial charge in [-0.05, 0) is 23.6 Å². The largest absolute Gasteiger partial charge is 0.384 e. The number of hydrogen-bond donors (Lipinski definition) is 1. The zero-order valence-corrected chi connectivity index (χ0v) is 12.9. The van der Waals surface area contributed by atoms with Gasteiger partial charge in [0.2, 0.25) is 10.0 Å². The molecular weight excluding hydrogens is 318 g/mol. The molecule has 0 bridgehead atoms. The highest BCUT2D eigenvalue weighted by Gasteiger charge is 2.14. The number of sulfonamides is 1. The van der Waals surface area contributed by atoms with E-state index in [2.05, 4.69) is 20.7 Å². The molecule has 0 amide bonds. The van der Waals surface area contributed by atoms with E-state index < -0.39 is 10.0 Å². The van der Waals surface area contributed by atoms with Gasteiger partial charge in [0.05, 0.1) is 4.90 Å². The second-order valence-electron chi connectivity index (χ2n) is 4.19. The smallest absolute Gasteiger partial charge is 0.240 e. The molecule has 1 rings (SSSR count). The van der Waals surface area contributed by atoms with E-state index in [4.69, 9.17) is 4.74 Å². The van der Waals surface area contributed by atoms with Gasteiger partial charge in [-0.15, -0.1) is 0 Å². The summed E-state index contributed by atoms with van der Waals surface area (Å²) in [6.07, 6.45) is 0. The zero-order valence-electron chi connectivity index (χ0n) is 10.5. The van der Waals surface area contributed by atoms with Crippen molar-refractivity contribution in [1.82, 2.24) is 4.72 Å². The maximum absolute atomic E-state index is 12.0. The van der Waals surface area contributed by atoms with Crippen LogP contribution in [-0.2, 0) is 20.1 Å². The lowest BCUT2D eigenvalue weighted by Crippen LogP contribution is -2.30. The molecular formula is C12H18BrNO3S. The summed E-state index contributed by atoms with van der Waals surface area (Å²) >= 11 is 3.32. The molecule has 0 saturated carbocycles. The first-order valence-corrected chi connectivity index (χ1v) is 8.23. The molecule has 0 radical (unpaired) electrons. The van der Waals surface area contributed by atoms with Crippen LogP contribution in [0.2, 0.25) is 0 Å². The van der Waals surface area contributed by atoms with Gasteiger partial charge in [-0.3, -0.25) is 0 Å². The van der Waals surface area contributed by atoms with E-state index >= 15 is 0 Å². The molecule has 0 aliphatic carbocycles. The van der Waals surface area contributed by atoms with Crippen LogP contribution in [0.25, 0.3) is 0 Å². The molecule has 0 fully saturated rings. The van der Waals surface area contributed by atoms with Crippen LogP contribution in [0.3, 0.4) is 0 Å². The predicted molar refractivity (Wildman–Crippen MR) is 75.3 cm³/mol. The Labute approximate surface area is 117 Å². The van der Waals surface area contributed by atoms with E-state index in [1.807, 2.05) is 6.92 Å². The van der Waals surface area contributed by atoms with Gasteiger partial charge in [-0.25, -0.2) is 13.1 Å². The standard InChI is InChI=1S/C12H18BrNO3S/c1-10(9-17-2)8-14-18(15,16)12-5-3-11(7-13)4-6-12/h3-6,10,14H,7-9H2,1-2H3. The Bertz CT molecular complexity index is 459. The van der Waals surface area contributed by atoms with Crippen molar-refractivity contribution in [3.8, 4) is 0 Å². The number of halogens is 1. The van der Waals surface area contributed by atoms with Gasteiger partial charge in [-0.1, -0.05) is 35.0 Å². The third kappa shape index (κ3) is 4.68. The summed E-state index contributed by atoms with van der Waals surface area (Å²) < 4.78 is 31.5. The Morgan fingerprint density at radius 1 is 1.33 bits per heavy atom. The Morgan fingerprint density at radius 2 is 1.94 bits per heavy atom. The Hall–Kier alpha value is -0.430. The minimum atomic E-state index is -3.42. The van der Waals surface area contributed by atoms with Crippen molar-refractivity contribution >= 4 is 26.0 Å². The lowest BCUT2D eigenvalue weighted by atomic mass is 10.2. The highest BCUT2D eigenvalue weighted by Crippen LogP contribution is 2.12. The molecule has 4 nitrogen and oxygen atoms in total. The van der Waals surface area contributed by atoms with Crippen LogP contribution >= 0.6 is 15.9 Å². The quantitative estimate of drug-likeness (QED) is 0.776. The van der Waals surface area contributed by atoms with Crippen molar-refractivity contribution in [3.05, 3.63) is 29.8 Å². The molecule has 18 heavy (non-hydrogen) atoms. The second-order valence-corrected chi connectivity index (χ2v) is 6.52. The molecule has 0 aromatic heterocycles. The van der Waals surface area contributed by atoms with Gasteiger partial charge in [0.15, 0.2) is 0 Å². The van der Waals surface area contributed by atoms with E-state index in [0.29, 0.717) is 18.5 Å². The number of methoxy groups -OCH3 is 1. The van der Waals surface area contributed by atoms with E-state index in [1.165, 1.54) is 0 Å². The summed E-state index contributed by atoms with van der Waals surface area (Å²) in [5.41, 5.74) is 1.04. The summed E-state index contributed by atoms with van der Waals surface area (Å²) in [7, 11) is -1.82. The van der Waals surface area contributed by atoms with Crippen LogP contribution in [0.4, 0.5) is 0 Å². The van der Waals surface area contributed by atoms with Crippen LogP contribution in [-0.4, -0.2) is 28.7 Å². The summed E-state index contributed by atoms with van der Waals surface area (Å²) in [6.45, 7) is 2.83. The lowest BCUT2D eigenvalue weighted by molar-refractivity contribution is 0.161. The van der Waals surface area contributed by atoms with Gasteiger partial charge in [-0.2, -0.15) is 0 Å². The van der Waals surface area contributed by atoms with Crippen LogP contribution < -0.4 is 4.72 Å². The number of alkyl halides is 1. The van der Waals surface area contributed by atoms with E-state index in [9.17, 15) is 8.42 Å². The second kappa shape index (κ2) is 7.23. The first-order chi connectivity index (χ1) is 8.49. The van der Waals surface area contributed by atoms with Gasteiger partial charge < -0.3 is 4.74 Å². The zero-order chi connectivity index (χ0) is 13.6. The van der Waals surface area contributed by atoms with Crippen molar-refractivity contribution < 1.29 is 13.2 Å². The maximum Gasteiger partial charge on any atom is 0.240 e. The van der Waals surface area contributed by atoms with Crippen molar-refractivity contribution in [2.75, 3.05) is 20.3 Å². The van der Waals surface area contributed by atoms with Gasteiger partial charge >= 0.3 is 0 Å². The third-order valence-corrected chi connectivity index (χ3v) is 4.55. The van der Waals surface area contributed by atoms with E-state index in [-0.39, 0.29) is 10.8 Å². The fourth-order valence-corrected chi connectivity index (χ4v) is 2.98. The molecule has 0 saturated heterocycles. The molecule has 1 unspecified atom stereocenters. The highest BCUT2D eigenvalue weighted by molar-refractivity contribution is 9.08. The average molecular weight is 336 g/mol. The van der Waals surface area contributed by atoms with E-state index in [1.54, 1.807) is 31.4 Å². The van der Waals surface area contributed by atoms with Crippen LogP contribution in [0.15, 0.2) is 29.2 Å². The lowest BCUT2D eigenvalue weighted by Gasteiger charge is -2.12. The molecule has 1 atom stereocenters. The number of hydrogen-bond acceptors (Lipinski definition) is 3. The first-order valence-electron chi connectivity index (χ1n) is 5.63. The summed E-state index contributed by atoms with van der Waals surface area (Å²) in [6, 6.07) is 6.81. The molecule has 1 aromatic carbocycles. The Morgan fingerprint density at radius 3 is 2.44 bits per heavy atom. The van der Waals surface area contributed by atoms with Gasteiger partial charge in [0, 0.05) is 25.6 Å². The van der Waals surface area contributed by atoms with E-state index in [0.717, 1.165) is 5.56 Å². The van der Waals surface area contributed by atoms with Crippen molar-refractivity contribution in [1.29, 1.82) is 0 Å². The minimum absolute atomic E-state index is 0.145. The van der Waals surface area contributed by atoms with Crippen molar-refractivity contribution in [2.24, 2.45) is 5.92 Å². The maximum atomic E-state index is 12.0. The Kier molecular flexibility index (Phi) is 6.28. The summed E-state index contributed by atoms with van der Waals surface area (Å²) in [5.74, 6) is 0.145.